The van der Waals surface area contributed by atoms with Crippen molar-refractivity contribution in [1.82, 2.24) is 5.32 Å². The maximum atomic E-state index is 11.4. The minimum Gasteiger partial charge on any atom is -0.488 e. The van der Waals surface area contributed by atoms with Crippen molar-refractivity contribution >= 4 is 17.6 Å². The molecule has 1 heterocycles. The second kappa shape index (κ2) is 14.1. The van der Waals surface area contributed by atoms with E-state index in [2.05, 4.69) is 11.4 Å². The van der Waals surface area contributed by atoms with Crippen molar-refractivity contribution in [3.8, 4) is 40.2 Å². The van der Waals surface area contributed by atoms with E-state index in [1.54, 1.807) is 30.3 Å². The molecule has 0 amide bonds. The predicted molar refractivity (Wildman–Crippen MR) is 164 cm³/mol. The quantitative estimate of drug-likeness (QED) is 0.185. The third-order valence-corrected chi connectivity index (χ3v) is 7.56. The van der Waals surface area contributed by atoms with Gasteiger partial charge in [-0.2, -0.15) is 5.26 Å². The molecule has 0 bridgehead atoms. The summed E-state index contributed by atoms with van der Waals surface area (Å²) in [6, 6.07) is 23.2. The number of rotatable bonds is 12. The van der Waals surface area contributed by atoms with Crippen LogP contribution in [0.1, 0.15) is 27.8 Å². The van der Waals surface area contributed by atoms with Crippen molar-refractivity contribution < 1.29 is 34.0 Å². The second-order valence-electron chi connectivity index (χ2n) is 10.2. The molecule has 5 rings (SSSR count). The van der Waals surface area contributed by atoms with E-state index in [-0.39, 0.29) is 19.8 Å². The molecular formula is C34H31ClN2O7. The average Bonchev–Trinajstić information content (AvgIpc) is 3.04. The molecule has 3 N–H and O–H groups in total. The van der Waals surface area contributed by atoms with Crippen molar-refractivity contribution in [2.75, 3.05) is 19.8 Å². The molecule has 0 fully saturated rings. The maximum Gasteiger partial charge on any atom is 0.323 e. The van der Waals surface area contributed by atoms with Gasteiger partial charge in [0, 0.05) is 18.2 Å². The standard InChI is InChI=1S/C34H31ClN2O7/c1-21-25(6-3-7-27(21)24-8-9-30-33(14-24)42-11-10-41-30)20-44-32-15-31(43-19-23-5-2-4-22(12-23)16-36)26(13-28(32)35)17-37-29(18-38)34(39)40/h2-9,12-15,29,37-38H,10-11,17-20H2,1H3,(H,39,40)/t29-/m0/s1. The van der Waals surface area contributed by atoms with Crippen LogP contribution in [0.2, 0.25) is 5.02 Å². The molecule has 0 saturated carbocycles. The summed E-state index contributed by atoms with van der Waals surface area (Å²) in [6.07, 6.45) is 0. The Morgan fingerprint density at radius 1 is 0.977 bits per heavy atom. The van der Waals surface area contributed by atoms with Gasteiger partial charge in [-0.15, -0.1) is 0 Å². The van der Waals surface area contributed by atoms with Crippen LogP contribution in [0, 0.1) is 18.3 Å². The van der Waals surface area contributed by atoms with Gasteiger partial charge in [0.25, 0.3) is 0 Å². The number of aliphatic hydroxyl groups is 1. The van der Waals surface area contributed by atoms with Crippen LogP contribution in [0.25, 0.3) is 11.1 Å². The van der Waals surface area contributed by atoms with Gasteiger partial charge in [0.05, 0.1) is 23.3 Å². The van der Waals surface area contributed by atoms with Crippen LogP contribution in [-0.2, 0) is 24.6 Å². The highest BCUT2D eigenvalue weighted by molar-refractivity contribution is 6.32. The Morgan fingerprint density at radius 2 is 1.75 bits per heavy atom. The molecule has 0 aliphatic carbocycles. The summed E-state index contributed by atoms with van der Waals surface area (Å²) >= 11 is 6.63. The topological polar surface area (TPSA) is 130 Å². The summed E-state index contributed by atoms with van der Waals surface area (Å²) in [4.78, 5) is 11.4. The lowest BCUT2D eigenvalue weighted by molar-refractivity contribution is -0.140. The van der Waals surface area contributed by atoms with E-state index in [0.29, 0.717) is 40.9 Å². The molecule has 0 unspecified atom stereocenters. The summed E-state index contributed by atoms with van der Waals surface area (Å²) in [5.41, 5.74) is 5.91. The van der Waals surface area contributed by atoms with Crippen molar-refractivity contribution in [2.24, 2.45) is 0 Å². The number of nitriles is 1. The fourth-order valence-corrected chi connectivity index (χ4v) is 5.07. The molecule has 1 atom stereocenters. The first kappa shape index (κ1) is 30.7. The third kappa shape index (κ3) is 7.24. The van der Waals surface area contributed by atoms with E-state index in [1.807, 2.05) is 49.4 Å². The summed E-state index contributed by atoms with van der Waals surface area (Å²) in [5, 5.41) is 31.1. The number of carboxylic acids is 1. The number of aliphatic hydroxyl groups excluding tert-OH is 1. The van der Waals surface area contributed by atoms with Crippen molar-refractivity contribution in [2.45, 2.75) is 32.7 Å². The number of nitrogens with one attached hydrogen (secondary N) is 1. The van der Waals surface area contributed by atoms with Crippen LogP contribution in [0.15, 0.2) is 72.8 Å². The van der Waals surface area contributed by atoms with Crippen molar-refractivity contribution in [3.63, 3.8) is 0 Å². The third-order valence-electron chi connectivity index (χ3n) is 7.27. The molecule has 0 aromatic heterocycles. The highest BCUT2D eigenvalue weighted by Gasteiger charge is 2.19. The monoisotopic (exact) mass is 614 g/mol. The lowest BCUT2D eigenvalue weighted by Gasteiger charge is -2.20. The lowest BCUT2D eigenvalue weighted by Crippen LogP contribution is -2.39. The number of benzene rings is 4. The van der Waals surface area contributed by atoms with E-state index in [1.165, 1.54) is 0 Å². The Kier molecular flexibility index (Phi) is 9.87. The Morgan fingerprint density at radius 3 is 2.52 bits per heavy atom. The van der Waals surface area contributed by atoms with Crippen molar-refractivity contribution in [1.29, 1.82) is 5.26 Å². The highest BCUT2D eigenvalue weighted by atomic mass is 35.5. The fraction of sp³-hybridized carbons (Fsp3) is 0.235. The molecule has 0 radical (unpaired) electrons. The molecule has 4 aromatic carbocycles. The number of aliphatic carboxylic acids is 1. The van der Waals surface area contributed by atoms with E-state index in [9.17, 15) is 20.3 Å². The van der Waals surface area contributed by atoms with Gasteiger partial charge in [-0.1, -0.05) is 48.0 Å². The average molecular weight is 615 g/mol. The summed E-state index contributed by atoms with van der Waals surface area (Å²) in [7, 11) is 0. The Labute approximate surface area is 260 Å². The zero-order valence-electron chi connectivity index (χ0n) is 24.0. The maximum absolute atomic E-state index is 11.4. The number of hydrogen-bond donors (Lipinski definition) is 3. The molecule has 10 heteroatoms. The summed E-state index contributed by atoms with van der Waals surface area (Å²) in [6.45, 7) is 2.96. The van der Waals surface area contributed by atoms with Crippen LogP contribution in [0.4, 0.5) is 0 Å². The first-order valence-corrected chi connectivity index (χ1v) is 14.4. The minimum absolute atomic E-state index is 0.0712. The van der Waals surface area contributed by atoms with Crippen LogP contribution in [0.3, 0.4) is 0 Å². The Hall–Kier alpha value is -4.75. The molecular weight excluding hydrogens is 584 g/mol. The smallest absolute Gasteiger partial charge is 0.323 e. The summed E-state index contributed by atoms with van der Waals surface area (Å²) in [5.74, 6) is 1.08. The molecule has 4 aromatic rings. The van der Waals surface area contributed by atoms with Gasteiger partial charge >= 0.3 is 5.97 Å². The van der Waals surface area contributed by atoms with E-state index >= 15 is 0 Å². The van der Waals surface area contributed by atoms with Gasteiger partial charge in [0.1, 0.15) is 44.0 Å². The molecule has 0 saturated heterocycles. The molecule has 226 valence electrons. The Bertz CT molecular complexity index is 1700. The largest absolute Gasteiger partial charge is 0.488 e. The van der Waals surface area contributed by atoms with Crippen LogP contribution >= 0.6 is 11.6 Å². The van der Waals surface area contributed by atoms with Gasteiger partial charge < -0.3 is 29.2 Å². The summed E-state index contributed by atoms with van der Waals surface area (Å²) < 4.78 is 23.7. The number of carboxylic acid groups (broad SMARTS) is 1. The first-order valence-electron chi connectivity index (χ1n) is 14.0. The van der Waals surface area contributed by atoms with Gasteiger partial charge in [0.2, 0.25) is 0 Å². The number of ether oxygens (including phenoxy) is 4. The molecule has 9 nitrogen and oxygen atoms in total. The van der Waals surface area contributed by atoms with E-state index < -0.39 is 18.6 Å². The Balaban J connectivity index is 1.37. The SMILES string of the molecule is Cc1c(COc2cc(OCc3cccc(C#N)c3)c(CN[C@@H](CO)C(=O)O)cc2Cl)cccc1-c1ccc2c(c1)OCCO2. The molecule has 44 heavy (non-hydrogen) atoms. The zero-order valence-corrected chi connectivity index (χ0v) is 24.8. The number of hydrogen-bond acceptors (Lipinski definition) is 8. The number of carbonyl (C=O) groups is 1. The van der Waals surface area contributed by atoms with E-state index in [4.69, 9.17) is 30.5 Å². The number of nitrogens with zero attached hydrogens (tertiary/aromatic N) is 1. The number of halogens is 1. The lowest BCUT2D eigenvalue weighted by atomic mass is 9.96. The van der Waals surface area contributed by atoms with Crippen LogP contribution in [-0.4, -0.2) is 42.0 Å². The van der Waals surface area contributed by atoms with Gasteiger partial charge in [-0.25, -0.2) is 0 Å². The van der Waals surface area contributed by atoms with Gasteiger partial charge in [-0.3, -0.25) is 10.1 Å². The minimum atomic E-state index is -1.18. The van der Waals surface area contributed by atoms with Gasteiger partial charge in [-0.05, 0) is 65.1 Å². The zero-order chi connectivity index (χ0) is 31.1. The normalized spacial score (nSPS) is 12.7. The van der Waals surface area contributed by atoms with Crippen LogP contribution in [0.5, 0.6) is 23.0 Å². The molecule has 0 spiro atoms. The number of fused-ring (bicyclic) bond motifs is 1. The van der Waals surface area contributed by atoms with Gasteiger partial charge in [0.15, 0.2) is 11.5 Å². The van der Waals surface area contributed by atoms with Crippen LogP contribution < -0.4 is 24.3 Å². The van der Waals surface area contributed by atoms with E-state index in [0.717, 1.165) is 39.3 Å². The predicted octanol–water partition coefficient (Wildman–Crippen LogP) is 5.65. The highest BCUT2D eigenvalue weighted by Crippen LogP contribution is 2.37. The fourth-order valence-electron chi connectivity index (χ4n) is 4.83. The van der Waals surface area contributed by atoms with Crippen molar-refractivity contribution in [3.05, 3.63) is 106 Å². The second-order valence-corrected chi connectivity index (χ2v) is 10.6. The molecule has 1 aliphatic heterocycles. The first-order chi connectivity index (χ1) is 21.4. The molecule has 1 aliphatic rings.